The van der Waals surface area contributed by atoms with Crippen LogP contribution in [0.25, 0.3) is 0 Å². The van der Waals surface area contributed by atoms with Gasteiger partial charge in [0, 0.05) is 19.1 Å². The molecule has 2 fully saturated rings. The molecule has 1 aliphatic carbocycles. The summed E-state index contributed by atoms with van der Waals surface area (Å²) in [6, 6.07) is 3.60. The smallest absolute Gasteiger partial charge is 0.329 e. The van der Waals surface area contributed by atoms with Crippen LogP contribution in [0.3, 0.4) is 0 Å². The summed E-state index contributed by atoms with van der Waals surface area (Å²) in [4.78, 5) is 37.4. The summed E-state index contributed by atoms with van der Waals surface area (Å²) < 4.78 is 12.2. The number of hydrogen-bond acceptors (Lipinski definition) is 6. The molecule has 0 spiro atoms. The van der Waals surface area contributed by atoms with E-state index < -0.39 is 11.8 Å². The van der Waals surface area contributed by atoms with Gasteiger partial charge in [-0.1, -0.05) is 0 Å². The lowest BCUT2D eigenvalue weighted by Crippen LogP contribution is -2.38. The Balaban J connectivity index is 1.61. The van der Waals surface area contributed by atoms with Gasteiger partial charge in [-0.2, -0.15) is 5.10 Å². The summed E-state index contributed by atoms with van der Waals surface area (Å²) in [7, 11) is 0. The molecular weight excluding hydrogens is 503 g/mol. The van der Waals surface area contributed by atoms with Crippen LogP contribution in [0.1, 0.15) is 38.2 Å². The van der Waals surface area contributed by atoms with Crippen molar-refractivity contribution in [2.24, 2.45) is 5.10 Å². The largest absolute Gasteiger partial charge is 0.490 e. The number of hydrogen-bond donors (Lipinski definition) is 2. The first kappa shape index (κ1) is 22.3. The number of nitrogens with zero attached hydrogens (tertiary/aromatic N) is 2. The van der Waals surface area contributed by atoms with Gasteiger partial charge >= 0.3 is 11.8 Å². The Hall–Kier alpha value is -2.37. The molecule has 162 valence electrons. The van der Waals surface area contributed by atoms with Gasteiger partial charge in [-0.3, -0.25) is 14.4 Å². The average molecular weight is 528 g/mol. The minimum absolute atomic E-state index is 0.0384. The molecule has 1 saturated carbocycles. The van der Waals surface area contributed by atoms with Gasteiger partial charge in [0.2, 0.25) is 0 Å². The van der Waals surface area contributed by atoms with Crippen LogP contribution < -0.4 is 20.2 Å². The summed E-state index contributed by atoms with van der Waals surface area (Å²) in [6.07, 6.45) is 5.28. The first-order valence-electron chi connectivity index (χ1n) is 9.98. The van der Waals surface area contributed by atoms with E-state index in [1.807, 2.05) is 6.92 Å². The van der Waals surface area contributed by atoms with E-state index >= 15 is 0 Å². The number of likely N-dealkylation sites (tertiary alicyclic amines) is 1. The van der Waals surface area contributed by atoms with Crippen molar-refractivity contribution in [1.29, 1.82) is 0 Å². The van der Waals surface area contributed by atoms with Gasteiger partial charge in [0.25, 0.3) is 5.91 Å². The van der Waals surface area contributed by atoms with E-state index in [2.05, 4.69) is 38.4 Å². The quantitative estimate of drug-likeness (QED) is 0.230. The first-order valence-corrected chi connectivity index (χ1v) is 11.1. The zero-order chi connectivity index (χ0) is 21.5. The van der Waals surface area contributed by atoms with Crippen LogP contribution in [0.5, 0.6) is 11.5 Å². The normalized spacial score (nSPS) is 15.9. The Kier molecular flexibility index (Phi) is 7.88. The second-order valence-corrected chi connectivity index (χ2v) is 8.25. The first-order chi connectivity index (χ1) is 14.5. The molecule has 0 aromatic heterocycles. The second kappa shape index (κ2) is 10.6. The zero-order valence-electron chi connectivity index (χ0n) is 16.8. The molecule has 0 atom stereocenters. The fourth-order valence-electron chi connectivity index (χ4n) is 2.95. The average Bonchev–Trinajstić information content (AvgIpc) is 3.35. The number of ether oxygens (including phenoxy) is 2. The van der Waals surface area contributed by atoms with Gasteiger partial charge in [0.05, 0.1) is 16.4 Å². The Bertz CT molecular complexity index is 835. The summed E-state index contributed by atoms with van der Waals surface area (Å²) >= 11 is 2.10. The minimum atomic E-state index is -0.807. The fourth-order valence-corrected chi connectivity index (χ4v) is 3.73. The Morgan fingerprint density at radius 1 is 1.20 bits per heavy atom. The molecule has 3 rings (SSSR count). The molecular formula is C20H25IN4O5. The summed E-state index contributed by atoms with van der Waals surface area (Å²) in [5.41, 5.74) is 2.87. The third kappa shape index (κ3) is 6.31. The highest BCUT2D eigenvalue weighted by Crippen LogP contribution is 2.34. The highest BCUT2D eigenvalue weighted by molar-refractivity contribution is 14.1. The van der Waals surface area contributed by atoms with Crippen LogP contribution in [0.2, 0.25) is 0 Å². The van der Waals surface area contributed by atoms with E-state index in [0.717, 1.165) is 42.3 Å². The SMILES string of the molecule is CCOc1cc(/C=N\NC(=O)C(=O)NC2CC2)cc(I)c1OCC(=O)N1CCCC1. The number of halogens is 1. The van der Waals surface area contributed by atoms with Gasteiger partial charge in [0.15, 0.2) is 18.1 Å². The van der Waals surface area contributed by atoms with E-state index in [1.54, 1.807) is 17.0 Å². The number of carbonyl (C=O) groups excluding carboxylic acids is 3. The highest BCUT2D eigenvalue weighted by Gasteiger charge is 2.26. The molecule has 0 radical (unpaired) electrons. The van der Waals surface area contributed by atoms with Crippen molar-refractivity contribution in [2.45, 2.75) is 38.6 Å². The van der Waals surface area contributed by atoms with Crippen molar-refractivity contribution in [3.63, 3.8) is 0 Å². The molecule has 9 nitrogen and oxygen atoms in total. The summed E-state index contributed by atoms with van der Waals surface area (Å²) in [6.45, 7) is 3.78. The third-order valence-corrected chi connectivity index (χ3v) is 5.43. The molecule has 2 aliphatic rings. The number of benzene rings is 1. The van der Waals surface area contributed by atoms with Crippen molar-refractivity contribution in [3.8, 4) is 11.5 Å². The predicted octanol–water partition coefficient (Wildman–Crippen LogP) is 1.42. The van der Waals surface area contributed by atoms with E-state index in [-0.39, 0.29) is 18.6 Å². The molecule has 1 aromatic rings. The van der Waals surface area contributed by atoms with Crippen LogP contribution >= 0.6 is 22.6 Å². The number of rotatable bonds is 8. The number of amides is 3. The van der Waals surface area contributed by atoms with E-state index in [0.29, 0.717) is 23.7 Å². The van der Waals surface area contributed by atoms with Crippen molar-refractivity contribution >= 4 is 46.5 Å². The lowest BCUT2D eigenvalue weighted by molar-refractivity contribution is -0.139. The Labute approximate surface area is 188 Å². The maximum atomic E-state index is 12.3. The van der Waals surface area contributed by atoms with Gasteiger partial charge in [-0.05, 0) is 72.9 Å². The van der Waals surface area contributed by atoms with E-state index in [9.17, 15) is 14.4 Å². The molecule has 3 amide bonds. The lowest BCUT2D eigenvalue weighted by Gasteiger charge is -2.18. The summed E-state index contributed by atoms with van der Waals surface area (Å²) in [5, 5.41) is 6.44. The van der Waals surface area contributed by atoms with Gasteiger partial charge in [-0.25, -0.2) is 5.43 Å². The monoisotopic (exact) mass is 528 g/mol. The van der Waals surface area contributed by atoms with Gasteiger partial charge in [0.1, 0.15) is 0 Å². The molecule has 0 bridgehead atoms. The third-order valence-electron chi connectivity index (χ3n) is 4.63. The van der Waals surface area contributed by atoms with Crippen LogP contribution in [0.15, 0.2) is 17.2 Å². The molecule has 1 saturated heterocycles. The minimum Gasteiger partial charge on any atom is -0.490 e. The second-order valence-electron chi connectivity index (χ2n) is 7.09. The van der Waals surface area contributed by atoms with Crippen molar-refractivity contribution < 1.29 is 23.9 Å². The molecule has 1 aromatic carbocycles. The van der Waals surface area contributed by atoms with Gasteiger partial charge in [-0.15, -0.1) is 0 Å². The maximum absolute atomic E-state index is 12.3. The summed E-state index contributed by atoms with van der Waals surface area (Å²) in [5.74, 6) is -0.555. The number of hydrazone groups is 1. The van der Waals surface area contributed by atoms with Crippen molar-refractivity contribution in [1.82, 2.24) is 15.6 Å². The molecule has 1 heterocycles. The van der Waals surface area contributed by atoms with Crippen LogP contribution in [0.4, 0.5) is 0 Å². The number of nitrogens with one attached hydrogen (secondary N) is 2. The van der Waals surface area contributed by atoms with Crippen molar-refractivity contribution in [3.05, 3.63) is 21.3 Å². The molecule has 30 heavy (non-hydrogen) atoms. The lowest BCUT2D eigenvalue weighted by atomic mass is 10.2. The molecule has 1 aliphatic heterocycles. The fraction of sp³-hybridized carbons (Fsp3) is 0.500. The van der Waals surface area contributed by atoms with Crippen LogP contribution in [-0.4, -0.2) is 61.2 Å². The molecule has 0 unspecified atom stereocenters. The van der Waals surface area contributed by atoms with Gasteiger partial charge < -0.3 is 19.7 Å². The Morgan fingerprint density at radius 2 is 1.93 bits per heavy atom. The van der Waals surface area contributed by atoms with Crippen LogP contribution in [-0.2, 0) is 14.4 Å². The molecule has 10 heteroatoms. The molecule has 2 N–H and O–H groups in total. The standard InChI is InChI=1S/C20H25IN4O5/c1-2-29-16-10-13(11-22-24-20(28)19(27)23-14-5-6-14)9-15(21)18(16)30-12-17(26)25-7-3-4-8-25/h9-11,14H,2-8,12H2,1H3,(H,23,27)(H,24,28)/b22-11-. The predicted molar refractivity (Wildman–Crippen MR) is 119 cm³/mol. The van der Waals surface area contributed by atoms with E-state index in [4.69, 9.17) is 9.47 Å². The topological polar surface area (TPSA) is 109 Å². The number of carbonyl (C=O) groups is 3. The highest BCUT2D eigenvalue weighted by atomic mass is 127. The zero-order valence-corrected chi connectivity index (χ0v) is 18.9. The van der Waals surface area contributed by atoms with Crippen LogP contribution in [0, 0.1) is 3.57 Å². The Morgan fingerprint density at radius 3 is 2.60 bits per heavy atom. The van der Waals surface area contributed by atoms with Crippen molar-refractivity contribution in [2.75, 3.05) is 26.3 Å². The maximum Gasteiger partial charge on any atom is 0.329 e. The van der Waals surface area contributed by atoms with E-state index in [1.165, 1.54) is 6.21 Å².